The van der Waals surface area contributed by atoms with Crippen molar-refractivity contribution >= 4 is 11.9 Å². The molecule has 1 fully saturated rings. The number of amides is 1. The summed E-state index contributed by atoms with van der Waals surface area (Å²) in [5.41, 5.74) is 1.42. The van der Waals surface area contributed by atoms with Crippen LogP contribution in [0.15, 0.2) is 54.6 Å². The zero-order valence-corrected chi connectivity index (χ0v) is 14.1. The number of rotatable bonds is 5. The van der Waals surface area contributed by atoms with Crippen LogP contribution in [0.2, 0.25) is 0 Å². The Morgan fingerprint density at radius 2 is 1.76 bits per heavy atom. The monoisotopic (exact) mass is 339 g/mol. The van der Waals surface area contributed by atoms with Crippen molar-refractivity contribution in [1.29, 1.82) is 0 Å². The lowest BCUT2D eigenvalue weighted by atomic mass is 9.89. The molecule has 130 valence electrons. The van der Waals surface area contributed by atoms with Gasteiger partial charge in [0.05, 0.1) is 18.1 Å². The Balaban J connectivity index is 1.87. The fourth-order valence-electron chi connectivity index (χ4n) is 3.35. The molecular weight excluding hydrogens is 318 g/mol. The first-order valence-electron chi connectivity index (χ1n) is 8.40. The molecule has 5 nitrogen and oxygen atoms in total. The van der Waals surface area contributed by atoms with Crippen molar-refractivity contribution in [2.24, 2.45) is 5.92 Å². The SMILES string of the molecule is CCOc1ccccc1C(=O)N1C[C@H](C(=O)O)[C@H](c2ccccc2)C1. The van der Waals surface area contributed by atoms with Gasteiger partial charge in [0.1, 0.15) is 5.75 Å². The van der Waals surface area contributed by atoms with Gasteiger partial charge >= 0.3 is 5.97 Å². The van der Waals surface area contributed by atoms with Gasteiger partial charge in [-0.25, -0.2) is 0 Å². The summed E-state index contributed by atoms with van der Waals surface area (Å²) in [7, 11) is 0. The molecule has 1 amide bonds. The third-order valence-corrected chi connectivity index (χ3v) is 4.57. The maximum Gasteiger partial charge on any atom is 0.308 e. The highest BCUT2D eigenvalue weighted by molar-refractivity contribution is 5.97. The second kappa shape index (κ2) is 7.38. The van der Waals surface area contributed by atoms with E-state index in [-0.39, 0.29) is 18.4 Å². The number of para-hydroxylation sites is 1. The van der Waals surface area contributed by atoms with Gasteiger partial charge in [-0.05, 0) is 24.6 Å². The summed E-state index contributed by atoms with van der Waals surface area (Å²) in [6.45, 7) is 2.92. The van der Waals surface area contributed by atoms with E-state index in [4.69, 9.17) is 4.74 Å². The number of likely N-dealkylation sites (tertiary alicyclic amines) is 1. The van der Waals surface area contributed by atoms with E-state index in [1.54, 1.807) is 23.1 Å². The Bertz CT molecular complexity index is 759. The molecule has 2 atom stereocenters. The van der Waals surface area contributed by atoms with Crippen molar-refractivity contribution in [3.05, 3.63) is 65.7 Å². The summed E-state index contributed by atoms with van der Waals surface area (Å²) >= 11 is 0. The highest BCUT2D eigenvalue weighted by Crippen LogP contribution is 2.34. The predicted molar refractivity (Wildman–Crippen MR) is 93.8 cm³/mol. The van der Waals surface area contributed by atoms with Crippen molar-refractivity contribution in [3.63, 3.8) is 0 Å². The van der Waals surface area contributed by atoms with E-state index in [1.807, 2.05) is 43.3 Å². The Hall–Kier alpha value is -2.82. The minimum absolute atomic E-state index is 0.186. The molecule has 0 spiro atoms. The molecule has 0 aliphatic carbocycles. The highest BCUT2D eigenvalue weighted by atomic mass is 16.5. The second-order valence-electron chi connectivity index (χ2n) is 6.10. The van der Waals surface area contributed by atoms with Crippen LogP contribution in [0.5, 0.6) is 5.75 Å². The summed E-state index contributed by atoms with van der Waals surface area (Å²) in [6, 6.07) is 16.6. The fourth-order valence-corrected chi connectivity index (χ4v) is 3.35. The summed E-state index contributed by atoms with van der Waals surface area (Å²) in [5.74, 6) is -1.34. The smallest absolute Gasteiger partial charge is 0.308 e. The van der Waals surface area contributed by atoms with Gasteiger partial charge in [0, 0.05) is 19.0 Å². The van der Waals surface area contributed by atoms with E-state index in [1.165, 1.54) is 0 Å². The van der Waals surface area contributed by atoms with Crippen LogP contribution in [0.1, 0.15) is 28.8 Å². The minimum Gasteiger partial charge on any atom is -0.493 e. The maximum atomic E-state index is 12.9. The molecule has 3 rings (SSSR count). The van der Waals surface area contributed by atoms with E-state index < -0.39 is 11.9 Å². The molecule has 5 heteroatoms. The number of hydrogen-bond donors (Lipinski definition) is 1. The van der Waals surface area contributed by atoms with Crippen LogP contribution in [0.3, 0.4) is 0 Å². The number of aliphatic carboxylic acids is 1. The molecule has 0 unspecified atom stereocenters. The summed E-state index contributed by atoms with van der Waals surface area (Å²) < 4.78 is 5.54. The Labute approximate surface area is 146 Å². The second-order valence-corrected chi connectivity index (χ2v) is 6.10. The Morgan fingerprint density at radius 3 is 2.44 bits per heavy atom. The van der Waals surface area contributed by atoms with Crippen molar-refractivity contribution in [1.82, 2.24) is 4.90 Å². The third-order valence-electron chi connectivity index (χ3n) is 4.57. The maximum absolute atomic E-state index is 12.9. The highest BCUT2D eigenvalue weighted by Gasteiger charge is 2.41. The molecule has 2 aromatic rings. The summed E-state index contributed by atoms with van der Waals surface area (Å²) in [4.78, 5) is 26.3. The molecule has 0 radical (unpaired) electrons. The molecule has 25 heavy (non-hydrogen) atoms. The van der Waals surface area contributed by atoms with Gasteiger partial charge in [-0.15, -0.1) is 0 Å². The van der Waals surface area contributed by atoms with Gasteiger partial charge in [0.15, 0.2) is 0 Å². The zero-order chi connectivity index (χ0) is 17.8. The van der Waals surface area contributed by atoms with Gasteiger partial charge in [-0.3, -0.25) is 9.59 Å². The first kappa shape index (κ1) is 17.0. The molecule has 0 bridgehead atoms. The van der Waals surface area contributed by atoms with Gasteiger partial charge in [0.2, 0.25) is 0 Å². The van der Waals surface area contributed by atoms with E-state index in [0.717, 1.165) is 5.56 Å². The number of benzene rings is 2. The summed E-state index contributed by atoms with van der Waals surface area (Å²) in [6.07, 6.45) is 0. The van der Waals surface area contributed by atoms with E-state index >= 15 is 0 Å². The Kier molecular flexibility index (Phi) is 5.03. The van der Waals surface area contributed by atoms with Crippen LogP contribution in [0.25, 0.3) is 0 Å². The Morgan fingerprint density at radius 1 is 1.08 bits per heavy atom. The van der Waals surface area contributed by atoms with Crippen molar-refractivity contribution < 1.29 is 19.4 Å². The van der Waals surface area contributed by atoms with Gasteiger partial charge in [0.25, 0.3) is 5.91 Å². The molecule has 1 heterocycles. The molecule has 1 aliphatic heterocycles. The van der Waals surface area contributed by atoms with Crippen molar-refractivity contribution in [2.45, 2.75) is 12.8 Å². The van der Waals surface area contributed by atoms with Gasteiger partial charge < -0.3 is 14.7 Å². The first-order chi connectivity index (χ1) is 12.1. The molecule has 0 aromatic heterocycles. The normalized spacial score (nSPS) is 19.6. The predicted octanol–water partition coefficient (Wildman–Crippen LogP) is 3.03. The number of carbonyl (C=O) groups is 2. The number of carboxylic acid groups (broad SMARTS) is 1. The molecular formula is C20H21NO4. The number of carboxylic acids is 1. The number of ether oxygens (including phenoxy) is 1. The zero-order valence-electron chi connectivity index (χ0n) is 14.1. The number of carbonyl (C=O) groups excluding carboxylic acids is 1. The van der Waals surface area contributed by atoms with Crippen LogP contribution in [0.4, 0.5) is 0 Å². The molecule has 1 saturated heterocycles. The quantitative estimate of drug-likeness (QED) is 0.909. The molecule has 1 N–H and O–H groups in total. The molecule has 2 aromatic carbocycles. The third kappa shape index (κ3) is 3.50. The lowest BCUT2D eigenvalue weighted by molar-refractivity contribution is -0.141. The first-order valence-corrected chi connectivity index (χ1v) is 8.40. The average Bonchev–Trinajstić information content (AvgIpc) is 3.08. The molecule has 1 aliphatic rings. The van der Waals surface area contributed by atoms with Crippen LogP contribution in [-0.2, 0) is 4.79 Å². The van der Waals surface area contributed by atoms with Crippen LogP contribution in [-0.4, -0.2) is 41.6 Å². The van der Waals surface area contributed by atoms with Gasteiger partial charge in [-0.1, -0.05) is 42.5 Å². The van der Waals surface area contributed by atoms with Crippen molar-refractivity contribution in [3.8, 4) is 5.75 Å². The fraction of sp³-hybridized carbons (Fsp3) is 0.300. The van der Waals surface area contributed by atoms with Crippen molar-refractivity contribution in [2.75, 3.05) is 19.7 Å². The topological polar surface area (TPSA) is 66.8 Å². The molecule has 0 saturated carbocycles. The lowest BCUT2D eigenvalue weighted by Crippen LogP contribution is -2.30. The lowest BCUT2D eigenvalue weighted by Gasteiger charge is -2.18. The van der Waals surface area contributed by atoms with Crippen LogP contribution < -0.4 is 4.74 Å². The summed E-state index contributed by atoms with van der Waals surface area (Å²) in [5, 5.41) is 9.59. The number of hydrogen-bond acceptors (Lipinski definition) is 3. The van der Waals surface area contributed by atoms with E-state index in [2.05, 4.69) is 0 Å². The number of nitrogens with zero attached hydrogens (tertiary/aromatic N) is 1. The van der Waals surface area contributed by atoms with E-state index in [9.17, 15) is 14.7 Å². The van der Waals surface area contributed by atoms with E-state index in [0.29, 0.717) is 24.5 Å². The van der Waals surface area contributed by atoms with Gasteiger partial charge in [-0.2, -0.15) is 0 Å². The largest absolute Gasteiger partial charge is 0.493 e. The minimum atomic E-state index is -0.873. The standard InChI is InChI=1S/C20H21NO4/c1-2-25-18-11-7-6-10-15(18)19(22)21-12-16(17(13-21)20(23)24)14-8-4-3-5-9-14/h3-11,16-17H,2,12-13H2,1H3,(H,23,24)/t16-,17-/m0/s1. The van der Waals surface area contributed by atoms with Crippen LogP contribution in [0, 0.1) is 5.92 Å². The van der Waals surface area contributed by atoms with Crippen LogP contribution >= 0.6 is 0 Å². The average molecular weight is 339 g/mol.